The number of unbranched alkanes of at least 4 members (excludes halogenated alkanes) is 13. The largest absolute Gasteiger partial charge is 0.385 e. The van der Waals surface area contributed by atoms with E-state index in [4.69, 9.17) is 4.52 Å². The molecular formula is C23H49NO3P+. The summed E-state index contributed by atoms with van der Waals surface area (Å²) in [6.45, 7) is 6.11. The smallest absolute Gasteiger partial charge is 0.320 e. The highest BCUT2D eigenvalue weighted by molar-refractivity contribution is 7.53. The minimum atomic E-state index is -3.54. The van der Waals surface area contributed by atoms with Crippen LogP contribution in [0.5, 0.6) is 0 Å². The molecule has 0 aromatic heterocycles. The second kappa shape index (κ2) is 16.6. The Kier molecular flexibility index (Phi) is 16.5. The van der Waals surface area contributed by atoms with Gasteiger partial charge >= 0.3 is 7.60 Å². The van der Waals surface area contributed by atoms with Gasteiger partial charge in [0.05, 0.1) is 27.7 Å². The van der Waals surface area contributed by atoms with Gasteiger partial charge in [0.1, 0.15) is 0 Å². The van der Waals surface area contributed by atoms with Crippen LogP contribution in [0.25, 0.3) is 0 Å². The lowest BCUT2D eigenvalue weighted by Gasteiger charge is -2.35. The molecule has 0 saturated carbocycles. The van der Waals surface area contributed by atoms with Crippen molar-refractivity contribution in [2.75, 3.05) is 27.7 Å². The molecule has 0 aliphatic carbocycles. The van der Waals surface area contributed by atoms with E-state index in [1.54, 1.807) is 0 Å². The maximum Gasteiger partial charge on any atom is 0.385 e. The zero-order valence-corrected chi connectivity index (χ0v) is 20.2. The van der Waals surface area contributed by atoms with Gasteiger partial charge in [-0.1, -0.05) is 83.6 Å². The molecule has 0 aliphatic rings. The summed E-state index contributed by atoms with van der Waals surface area (Å²) in [4.78, 5) is 10.2. The van der Waals surface area contributed by atoms with Crippen LogP contribution in [0.3, 0.4) is 0 Å². The maximum atomic E-state index is 12.5. The van der Waals surface area contributed by atoms with E-state index in [9.17, 15) is 9.46 Å². The number of allylic oxidation sites excluding steroid dienone is 1. The molecule has 168 valence electrons. The van der Waals surface area contributed by atoms with Crippen LogP contribution in [0.1, 0.15) is 103 Å². The average Bonchev–Trinajstić information content (AvgIpc) is 2.60. The van der Waals surface area contributed by atoms with E-state index in [1.807, 2.05) is 34.1 Å². The van der Waals surface area contributed by atoms with Crippen LogP contribution in [0.2, 0.25) is 0 Å². The molecule has 0 rings (SSSR count). The van der Waals surface area contributed by atoms with Crippen molar-refractivity contribution in [1.82, 2.24) is 0 Å². The highest BCUT2D eigenvalue weighted by Gasteiger charge is 2.41. The molecule has 0 amide bonds. The zero-order valence-electron chi connectivity index (χ0n) is 19.3. The maximum absolute atomic E-state index is 12.5. The summed E-state index contributed by atoms with van der Waals surface area (Å²) in [5.74, 6) is -0.348. The third-order valence-corrected chi connectivity index (χ3v) is 7.83. The number of hydrogen-bond donors (Lipinski definition) is 1. The molecule has 0 bridgehead atoms. The van der Waals surface area contributed by atoms with E-state index in [0.717, 1.165) is 12.8 Å². The van der Waals surface area contributed by atoms with Gasteiger partial charge in [-0.25, -0.2) is 0 Å². The first-order chi connectivity index (χ1) is 13.3. The van der Waals surface area contributed by atoms with Crippen molar-refractivity contribution in [1.29, 1.82) is 0 Å². The first kappa shape index (κ1) is 27.8. The molecular weight excluding hydrogens is 369 g/mol. The monoisotopic (exact) mass is 418 g/mol. The Morgan fingerprint density at radius 3 is 1.61 bits per heavy atom. The third kappa shape index (κ3) is 14.8. The quantitative estimate of drug-likeness (QED) is 0.0978. The van der Waals surface area contributed by atoms with Crippen molar-refractivity contribution < 1.29 is 18.5 Å². The minimum Gasteiger partial charge on any atom is -0.320 e. The predicted octanol–water partition coefficient (Wildman–Crippen LogP) is 7.28. The Hall–Kier alpha value is -0.150. The Bertz CT molecular complexity index is 421. The molecule has 28 heavy (non-hydrogen) atoms. The van der Waals surface area contributed by atoms with E-state index in [1.165, 1.54) is 77.0 Å². The summed E-state index contributed by atoms with van der Waals surface area (Å²) in [7, 11) is 2.30. The van der Waals surface area contributed by atoms with Crippen molar-refractivity contribution in [3.63, 3.8) is 0 Å². The van der Waals surface area contributed by atoms with Crippen molar-refractivity contribution in [3.8, 4) is 0 Å². The Morgan fingerprint density at radius 2 is 1.25 bits per heavy atom. The topological polar surface area (TPSA) is 46.5 Å². The molecule has 0 radical (unpaired) electrons. The van der Waals surface area contributed by atoms with Gasteiger partial charge in [0.2, 0.25) is 0 Å². The average molecular weight is 419 g/mol. The van der Waals surface area contributed by atoms with Crippen LogP contribution < -0.4 is 0 Å². The van der Waals surface area contributed by atoms with Gasteiger partial charge in [-0.2, -0.15) is 0 Å². The fourth-order valence-electron chi connectivity index (χ4n) is 3.83. The lowest BCUT2D eigenvalue weighted by Crippen LogP contribution is -2.44. The van der Waals surface area contributed by atoms with Gasteiger partial charge in [-0.3, -0.25) is 4.57 Å². The lowest BCUT2D eigenvalue weighted by atomic mass is 10.0. The highest BCUT2D eigenvalue weighted by Crippen LogP contribution is 2.51. The summed E-state index contributed by atoms with van der Waals surface area (Å²) >= 11 is 0. The first-order valence-electron chi connectivity index (χ1n) is 11.6. The molecule has 4 nitrogen and oxygen atoms in total. The van der Waals surface area contributed by atoms with Crippen molar-refractivity contribution in [2.24, 2.45) is 0 Å². The second-order valence-corrected chi connectivity index (χ2v) is 11.1. The molecule has 0 fully saturated rings. The van der Waals surface area contributed by atoms with Crippen LogP contribution in [-0.2, 0) is 9.09 Å². The molecule has 0 aromatic carbocycles. The Labute approximate surface area is 175 Å². The van der Waals surface area contributed by atoms with E-state index < -0.39 is 7.60 Å². The van der Waals surface area contributed by atoms with Crippen LogP contribution >= 0.6 is 7.60 Å². The number of quaternary nitrogens is 1. The zero-order chi connectivity index (χ0) is 21.3. The first-order valence-corrected chi connectivity index (χ1v) is 13.3. The molecule has 1 N–H and O–H groups in total. The van der Waals surface area contributed by atoms with Crippen molar-refractivity contribution in [2.45, 2.75) is 109 Å². The number of rotatable bonds is 20. The standard InChI is InChI=1S/C23H48NO3P/c1-6-8-9-10-11-12-13-14-15-16-17-18-19-20-21-22-27-28(25,26)23(7-2)24(3,4)5/h6,23H,1,7-22H2,2-5H3/p+1. The van der Waals surface area contributed by atoms with Gasteiger partial charge in [0.15, 0.2) is 5.78 Å². The van der Waals surface area contributed by atoms with E-state index in [0.29, 0.717) is 17.5 Å². The fraction of sp³-hybridized carbons (Fsp3) is 0.913. The number of hydrogen-bond acceptors (Lipinski definition) is 2. The molecule has 2 atom stereocenters. The van der Waals surface area contributed by atoms with Crippen molar-refractivity contribution in [3.05, 3.63) is 12.7 Å². The van der Waals surface area contributed by atoms with Gasteiger partial charge in [-0.15, -0.1) is 6.58 Å². The second-order valence-electron chi connectivity index (χ2n) is 9.08. The van der Waals surface area contributed by atoms with Gasteiger partial charge < -0.3 is 13.9 Å². The Morgan fingerprint density at radius 1 is 0.857 bits per heavy atom. The lowest BCUT2D eigenvalue weighted by molar-refractivity contribution is -0.883. The van der Waals surface area contributed by atoms with Crippen LogP contribution in [0.15, 0.2) is 12.7 Å². The third-order valence-electron chi connectivity index (χ3n) is 5.46. The van der Waals surface area contributed by atoms with Gasteiger partial charge in [0.25, 0.3) is 0 Å². The molecule has 0 spiro atoms. The van der Waals surface area contributed by atoms with Crippen molar-refractivity contribution >= 4 is 7.60 Å². The van der Waals surface area contributed by atoms with E-state index in [-0.39, 0.29) is 5.78 Å². The predicted molar refractivity (Wildman–Crippen MR) is 123 cm³/mol. The van der Waals surface area contributed by atoms with Gasteiger partial charge in [0, 0.05) is 6.42 Å². The SMILES string of the molecule is C=CCCCCCCCCCCCCCCCOP(=O)(O)C(CC)[N+](C)(C)C. The van der Waals surface area contributed by atoms with E-state index >= 15 is 0 Å². The van der Waals surface area contributed by atoms with Crippen LogP contribution in [0, 0.1) is 0 Å². The normalized spacial score (nSPS) is 15.3. The van der Waals surface area contributed by atoms with Crippen LogP contribution in [0.4, 0.5) is 0 Å². The van der Waals surface area contributed by atoms with E-state index in [2.05, 4.69) is 6.58 Å². The van der Waals surface area contributed by atoms with Gasteiger partial charge in [-0.05, 0) is 19.3 Å². The summed E-state index contributed by atoms with van der Waals surface area (Å²) < 4.78 is 18.3. The Balaban J connectivity index is 3.48. The number of nitrogens with zero attached hydrogens (tertiary/aromatic N) is 1. The molecule has 2 unspecified atom stereocenters. The summed E-state index contributed by atoms with van der Waals surface area (Å²) in [5, 5.41) is 0. The molecule has 0 heterocycles. The molecule has 0 aliphatic heterocycles. The fourth-order valence-corrected chi connectivity index (χ4v) is 5.73. The molecule has 0 saturated heterocycles. The highest BCUT2D eigenvalue weighted by atomic mass is 31.2. The molecule has 5 heteroatoms. The van der Waals surface area contributed by atoms with Crippen LogP contribution in [-0.4, -0.2) is 42.9 Å². The summed E-state index contributed by atoms with van der Waals surface area (Å²) in [5.41, 5.74) is 0. The molecule has 0 aromatic rings. The summed E-state index contributed by atoms with van der Waals surface area (Å²) in [6, 6.07) is 0. The minimum absolute atomic E-state index is 0.348. The summed E-state index contributed by atoms with van der Waals surface area (Å²) in [6.07, 6.45) is 20.5.